The molecule has 1 saturated heterocycles. The Morgan fingerprint density at radius 2 is 1.58 bits per heavy atom. The van der Waals surface area contributed by atoms with Gasteiger partial charge in [0.1, 0.15) is 11.6 Å². The van der Waals surface area contributed by atoms with Crippen molar-refractivity contribution in [3.05, 3.63) is 59.8 Å². The molecule has 1 saturated carbocycles. The molecule has 0 unspecified atom stereocenters. The molecule has 2 fully saturated rings. The van der Waals surface area contributed by atoms with E-state index in [1.165, 1.54) is 4.90 Å². The minimum absolute atomic E-state index is 0.0731. The van der Waals surface area contributed by atoms with Gasteiger partial charge in [-0.3, -0.25) is 14.4 Å². The van der Waals surface area contributed by atoms with Gasteiger partial charge in [0.05, 0.1) is 17.8 Å². The predicted molar refractivity (Wildman–Crippen MR) is 85.3 cm³/mol. The van der Waals surface area contributed by atoms with Crippen molar-refractivity contribution in [3.63, 3.8) is 0 Å². The molecule has 0 radical (unpaired) electrons. The summed E-state index contributed by atoms with van der Waals surface area (Å²) in [6.07, 6.45) is 1.91. The number of anilines is 1. The number of Topliss-reactive ketones (excluding diaryl/α,β-unsaturated/α-hetero) is 1. The highest BCUT2D eigenvalue weighted by atomic mass is 16.2. The molecular formula is C19H14N2O3. The Labute approximate surface area is 138 Å². The zero-order valence-electron chi connectivity index (χ0n) is 12.8. The van der Waals surface area contributed by atoms with E-state index in [1.807, 2.05) is 24.3 Å². The summed E-state index contributed by atoms with van der Waals surface area (Å²) in [4.78, 5) is 43.9. The summed E-state index contributed by atoms with van der Waals surface area (Å²) < 4.78 is 0. The topological polar surface area (TPSA) is 67.3 Å². The third-order valence-corrected chi connectivity index (χ3v) is 5.57. The SMILES string of the molecule is O=C1C[C@@H]2c3ccccc3[C@@H]1[C@H]1C(=O)N(c3ccccn3)C(=O)[C@H]12. The second kappa shape index (κ2) is 4.60. The van der Waals surface area contributed by atoms with Crippen molar-refractivity contribution in [1.29, 1.82) is 0 Å². The van der Waals surface area contributed by atoms with Crippen molar-refractivity contribution in [2.45, 2.75) is 18.3 Å². The Hall–Kier alpha value is -2.82. The van der Waals surface area contributed by atoms with Crippen molar-refractivity contribution < 1.29 is 14.4 Å². The Bertz CT molecular complexity index is 892. The van der Waals surface area contributed by atoms with Crippen LogP contribution >= 0.6 is 0 Å². The third kappa shape index (κ3) is 1.54. The number of fused-ring (bicyclic) bond motifs is 1. The van der Waals surface area contributed by atoms with Crippen LogP contribution in [0, 0.1) is 11.8 Å². The number of amides is 2. The molecule has 1 aliphatic heterocycles. The molecule has 24 heavy (non-hydrogen) atoms. The molecule has 6 rings (SSSR count). The summed E-state index contributed by atoms with van der Waals surface area (Å²) in [6, 6.07) is 12.9. The monoisotopic (exact) mass is 318 g/mol. The van der Waals surface area contributed by atoms with Crippen LogP contribution in [0.15, 0.2) is 48.7 Å². The van der Waals surface area contributed by atoms with Gasteiger partial charge in [-0.1, -0.05) is 30.3 Å². The lowest BCUT2D eigenvalue weighted by atomic mass is 9.56. The molecule has 1 aromatic carbocycles. The van der Waals surface area contributed by atoms with Gasteiger partial charge in [-0.05, 0) is 23.3 Å². The quantitative estimate of drug-likeness (QED) is 0.755. The molecule has 5 heteroatoms. The first kappa shape index (κ1) is 13.6. The maximum atomic E-state index is 13.0. The number of nitrogens with zero attached hydrogens (tertiary/aromatic N) is 2. The van der Waals surface area contributed by atoms with Crippen molar-refractivity contribution >= 4 is 23.4 Å². The number of rotatable bonds is 1. The second-order valence-electron chi connectivity index (χ2n) is 6.63. The maximum Gasteiger partial charge on any atom is 0.240 e. The summed E-state index contributed by atoms with van der Waals surface area (Å²) in [6.45, 7) is 0. The van der Waals surface area contributed by atoms with Gasteiger partial charge in [-0.2, -0.15) is 0 Å². The number of benzene rings is 1. The van der Waals surface area contributed by atoms with E-state index in [0.29, 0.717) is 12.2 Å². The Morgan fingerprint density at radius 3 is 2.33 bits per heavy atom. The number of hydrogen-bond donors (Lipinski definition) is 0. The number of aromatic nitrogens is 1. The largest absolute Gasteiger partial charge is 0.299 e. The molecule has 2 bridgehead atoms. The van der Waals surface area contributed by atoms with Gasteiger partial charge in [-0.15, -0.1) is 0 Å². The van der Waals surface area contributed by atoms with Crippen LogP contribution in [0.4, 0.5) is 5.82 Å². The minimum atomic E-state index is -0.583. The molecule has 2 heterocycles. The van der Waals surface area contributed by atoms with E-state index in [4.69, 9.17) is 0 Å². The zero-order valence-corrected chi connectivity index (χ0v) is 12.8. The van der Waals surface area contributed by atoms with Crippen molar-refractivity contribution in [2.75, 3.05) is 4.90 Å². The average Bonchev–Trinajstić information content (AvgIpc) is 2.88. The van der Waals surface area contributed by atoms with Crippen LogP contribution < -0.4 is 4.90 Å². The summed E-state index contributed by atoms with van der Waals surface area (Å²) >= 11 is 0. The van der Waals surface area contributed by atoms with Crippen LogP contribution in [0.3, 0.4) is 0 Å². The van der Waals surface area contributed by atoms with Crippen LogP contribution in [0.25, 0.3) is 0 Å². The molecule has 2 aromatic rings. The number of carbonyl (C=O) groups excluding carboxylic acids is 3. The van der Waals surface area contributed by atoms with Gasteiger partial charge in [0, 0.05) is 18.5 Å². The maximum absolute atomic E-state index is 13.0. The van der Waals surface area contributed by atoms with E-state index in [-0.39, 0.29) is 23.5 Å². The third-order valence-electron chi connectivity index (χ3n) is 5.57. The fourth-order valence-electron chi connectivity index (χ4n) is 4.67. The highest BCUT2D eigenvalue weighted by Gasteiger charge is 2.62. The lowest BCUT2D eigenvalue weighted by molar-refractivity contribution is -0.134. The van der Waals surface area contributed by atoms with Crippen LogP contribution in [0.5, 0.6) is 0 Å². The summed E-state index contributed by atoms with van der Waals surface area (Å²) in [5.41, 5.74) is 1.97. The number of hydrogen-bond acceptors (Lipinski definition) is 4. The smallest absolute Gasteiger partial charge is 0.240 e. The molecule has 1 aromatic heterocycles. The van der Waals surface area contributed by atoms with Gasteiger partial charge >= 0.3 is 0 Å². The van der Waals surface area contributed by atoms with Crippen LogP contribution in [0.1, 0.15) is 29.4 Å². The van der Waals surface area contributed by atoms with E-state index in [9.17, 15) is 14.4 Å². The fraction of sp³-hybridized carbons (Fsp3) is 0.263. The first-order valence-corrected chi connectivity index (χ1v) is 8.09. The van der Waals surface area contributed by atoms with Gasteiger partial charge < -0.3 is 0 Å². The van der Waals surface area contributed by atoms with Gasteiger partial charge in [0.2, 0.25) is 11.8 Å². The summed E-state index contributed by atoms with van der Waals surface area (Å²) in [7, 11) is 0. The molecule has 4 atom stereocenters. The van der Waals surface area contributed by atoms with Crippen LogP contribution in [0.2, 0.25) is 0 Å². The molecule has 3 aliphatic carbocycles. The number of imide groups is 1. The summed E-state index contributed by atoms with van der Waals surface area (Å²) in [5.74, 6) is -1.82. The number of pyridine rings is 1. The average molecular weight is 318 g/mol. The Kier molecular flexibility index (Phi) is 2.61. The molecule has 118 valence electrons. The highest BCUT2D eigenvalue weighted by molar-refractivity contribution is 6.24. The normalized spacial score (nSPS) is 30.5. The predicted octanol–water partition coefficient (Wildman–Crippen LogP) is 2.04. The van der Waals surface area contributed by atoms with Crippen molar-refractivity contribution in [2.24, 2.45) is 11.8 Å². The second-order valence-corrected chi connectivity index (χ2v) is 6.63. The molecule has 0 spiro atoms. The first-order chi connectivity index (χ1) is 11.7. The zero-order chi connectivity index (χ0) is 16.4. The standard InChI is InChI=1S/C19H14N2O3/c22-13-9-12-10-5-1-2-6-11(10)15(13)17-16(12)18(23)21(19(17)24)14-7-3-4-8-20-14/h1-8,12,15-17H,9H2/t12-,15+,16+,17-/m1/s1. The lowest BCUT2D eigenvalue weighted by Gasteiger charge is -2.43. The number of ketones is 1. The van der Waals surface area contributed by atoms with E-state index >= 15 is 0 Å². The number of carbonyl (C=O) groups is 3. The molecule has 5 nitrogen and oxygen atoms in total. The van der Waals surface area contributed by atoms with Crippen molar-refractivity contribution in [1.82, 2.24) is 4.98 Å². The van der Waals surface area contributed by atoms with Gasteiger partial charge in [-0.25, -0.2) is 9.88 Å². The van der Waals surface area contributed by atoms with E-state index < -0.39 is 17.8 Å². The summed E-state index contributed by atoms with van der Waals surface area (Å²) in [5, 5.41) is 0. The highest BCUT2D eigenvalue weighted by Crippen LogP contribution is 2.57. The molecular weight excluding hydrogens is 304 g/mol. The van der Waals surface area contributed by atoms with Crippen LogP contribution in [-0.4, -0.2) is 22.6 Å². The molecule has 2 amide bonds. The van der Waals surface area contributed by atoms with Gasteiger partial charge in [0.15, 0.2) is 0 Å². The Morgan fingerprint density at radius 1 is 0.875 bits per heavy atom. The van der Waals surface area contributed by atoms with Crippen molar-refractivity contribution in [3.8, 4) is 0 Å². The van der Waals surface area contributed by atoms with Gasteiger partial charge in [0.25, 0.3) is 0 Å². The molecule has 0 N–H and O–H groups in total. The first-order valence-electron chi connectivity index (χ1n) is 8.09. The molecule has 4 aliphatic rings. The fourth-order valence-corrected chi connectivity index (χ4v) is 4.67. The van der Waals surface area contributed by atoms with E-state index in [1.54, 1.807) is 24.4 Å². The Balaban J connectivity index is 1.68. The minimum Gasteiger partial charge on any atom is -0.299 e. The van der Waals surface area contributed by atoms with Crippen LogP contribution in [-0.2, 0) is 14.4 Å². The van der Waals surface area contributed by atoms with E-state index in [0.717, 1.165) is 11.1 Å². The van der Waals surface area contributed by atoms with E-state index in [2.05, 4.69) is 4.98 Å². The lowest BCUT2D eigenvalue weighted by Crippen LogP contribution is -2.44.